The summed E-state index contributed by atoms with van der Waals surface area (Å²) in [6.45, 7) is 18.4. The van der Waals surface area contributed by atoms with Crippen LogP contribution in [-0.4, -0.2) is 53.3 Å². The zero-order valence-electron chi connectivity index (χ0n) is 41.6. The van der Waals surface area contributed by atoms with Gasteiger partial charge in [-0.05, 0) is 124 Å². The minimum atomic E-state index is -3.92. The Balaban J connectivity index is 0. The molecule has 0 aliphatic carbocycles. The van der Waals surface area contributed by atoms with Gasteiger partial charge >= 0.3 is 11.9 Å². The van der Waals surface area contributed by atoms with Crippen molar-refractivity contribution in [2.24, 2.45) is 5.84 Å². The zero-order valence-corrected chi connectivity index (χ0v) is 47.1. The standard InChI is InChI=1S/C17H20ClN3O3S.C17H18ClNO4S.C10H13ClO2S.C7H6ClNO2.4CH4/c1-17(2,3)11-4-7-13(8-5-11)25(23,24)21-15-10-12(18)6-9-14(15)16(22)20-19;1-17(2,3)11-4-7-13(8-5-11)24(22,23)19-15-10-12(18)6-9-14(15)16(20)21;1-10(2,3)8-4-6-9(7-5-8)14(11,12)13;8-4-1-2-5(7(10)11)6(9)3-4;;;;/h4-10,21H,19H2,1-3H3,(H,20,22);4-10,19H,1-3H3,(H,20,21);4-7H,1-3H3;1-3H,9H2,(H,10,11);4*1H4. The van der Waals surface area contributed by atoms with Crippen LogP contribution >= 0.6 is 45.5 Å². The number of anilines is 3. The monoisotopic (exact) mass is 1220 g/mol. The summed E-state index contributed by atoms with van der Waals surface area (Å²) in [6.07, 6.45) is 0. The number of sulfonamides is 2. The Bertz CT molecular complexity index is 3330. The number of hydrogen-bond acceptors (Lipinski definition) is 11. The normalized spacial score (nSPS) is 11.2. The van der Waals surface area contributed by atoms with E-state index < -0.39 is 46.9 Å². The molecule has 0 saturated heterocycles. The molecule has 430 valence electrons. The number of nitrogens with two attached hydrogens (primary N) is 2. The summed E-state index contributed by atoms with van der Waals surface area (Å²) in [6, 6.07) is 32.1. The molecule has 23 heteroatoms. The van der Waals surface area contributed by atoms with Crippen molar-refractivity contribution in [3.63, 3.8) is 0 Å². The van der Waals surface area contributed by atoms with Crippen molar-refractivity contribution in [1.82, 2.24) is 5.43 Å². The van der Waals surface area contributed by atoms with E-state index in [1.807, 2.05) is 47.0 Å². The summed E-state index contributed by atoms with van der Waals surface area (Å²) >= 11 is 17.3. The van der Waals surface area contributed by atoms with Crippen LogP contribution in [0.5, 0.6) is 0 Å². The zero-order chi connectivity index (χ0) is 56.4. The number of aromatic carboxylic acids is 2. The fraction of sp³-hybridized carbons (Fsp3) is 0.291. The second-order valence-corrected chi connectivity index (χ2v) is 26.4. The van der Waals surface area contributed by atoms with Gasteiger partial charge in [0.2, 0.25) is 0 Å². The molecule has 1 amide bonds. The molecule has 6 aromatic rings. The predicted octanol–water partition coefficient (Wildman–Crippen LogP) is 14.3. The summed E-state index contributed by atoms with van der Waals surface area (Å²) in [5.74, 6) is 2.22. The van der Waals surface area contributed by atoms with E-state index in [1.165, 1.54) is 91.0 Å². The van der Waals surface area contributed by atoms with E-state index in [9.17, 15) is 44.7 Å². The Morgan fingerprint density at radius 3 is 1.01 bits per heavy atom. The van der Waals surface area contributed by atoms with Crippen molar-refractivity contribution in [1.29, 1.82) is 0 Å². The van der Waals surface area contributed by atoms with E-state index in [4.69, 9.17) is 62.2 Å². The molecular weight excluding hydrogens is 1140 g/mol. The van der Waals surface area contributed by atoms with Gasteiger partial charge in [0, 0.05) is 31.4 Å². The Hall–Kier alpha value is -5.90. The van der Waals surface area contributed by atoms with Crippen LogP contribution in [0.4, 0.5) is 17.1 Å². The molecule has 0 bridgehead atoms. The number of carboxylic acids is 2. The highest BCUT2D eigenvalue weighted by molar-refractivity contribution is 8.13. The van der Waals surface area contributed by atoms with Crippen molar-refractivity contribution in [2.75, 3.05) is 15.2 Å². The van der Waals surface area contributed by atoms with Crippen LogP contribution in [0.2, 0.25) is 15.1 Å². The van der Waals surface area contributed by atoms with Crippen LogP contribution in [0.15, 0.2) is 142 Å². The molecule has 16 nitrogen and oxygen atoms in total. The predicted molar refractivity (Wildman–Crippen MR) is 321 cm³/mol. The second kappa shape index (κ2) is 29.9. The van der Waals surface area contributed by atoms with Crippen molar-refractivity contribution < 1.29 is 49.9 Å². The largest absolute Gasteiger partial charge is 0.478 e. The van der Waals surface area contributed by atoms with Crippen molar-refractivity contribution in [2.45, 2.75) is 123 Å². The molecule has 0 fully saturated rings. The molecule has 0 atom stereocenters. The van der Waals surface area contributed by atoms with E-state index in [0.29, 0.717) is 5.02 Å². The maximum atomic E-state index is 12.6. The molecular formula is C55H73Cl4N5O11S3. The molecule has 0 spiro atoms. The van der Waals surface area contributed by atoms with Gasteiger partial charge in [0.1, 0.15) is 0 Å². The quantitative estimate of drug-likeness (QED) is 0.0221. The third-order valence-electron chi connectivity index (χ3n) is 10.4. The van der Waals surface area contributed by atoms with Gasteiger partial charge in [0.05, 0.1) is 42.8 Å². The number of halogens is 4. The first kappa shape index (κ1) is 74.2. The fourth-order valence-corrected chi connectivity index (χ4v) is 9.62. The lowest BCUT2D eigenvalue weighted by Gasteiger charge is -2.19. The second-order valence-electron chi connectivity index (χ2n) is 19.2. The molecule has 0 heterocycles. The number of hydrogen-bond donors (Lipinski definition) is 7. The summed E-state index contributed by atoms with van der Waals surface area (Å²) in [5, 5.41) is 18.7. The highest BCUT2D eigenvalue weighted by atomic mass is 35.7. The molecule has 0 aromatic heterocycles. The average Bonchev–Trinajstić information content (AvgIpc) is 3.28. The lowest BCUT2D eigenvalue weighted by Crippen LogP contribution is -2.31. The lowest BCUT2D eigenvalue weighted by atomic mass is 9.87. The third-order valence-corrected chi connectivity index (χ3v) is 15.2. The highest BCUT2D eigenvalue weighted by Gasteiger charge is 2.23. The lowest BCUT2D eigenvalue weighted by molar-refractivity contribution is 0.0687. The number of hydrazine groups is 1. The SMILES string of the molecule is C.C.C.C.CC(C)(C)c1ccc(S(=O)(=O)Cl)cc1.CC(C)(C)c1ccc(S(=O)(=O)Nc2cc(Cl)ccc2C(=O)NN)cc1.CC(C)(C)c1ccc(S(=O)(=O)Nc2cc(Cl)ccc2C(=O)O)cc1.Nc1cc(Cl)ccc1C(=O)O. The average molecular weight is 1220 g/mol. The molecule has 78 heavy (non-hydrogen) atoms. The van der Waals surface area contributed by atoms with E-state index in [-0.39, 0.29) is 104 Å². The Labute approximate surface area is 481 Å². The number of carboxylic acid groups (broad SMARTS) is 2. The number of amides is 1. The number of rotatable bonds is 10. The Morgan fingerprint density at radius 2 is 0.731 bits per heavy atom. The van der Waals surface area contributed by atoms with Crippen LogP contribution in [0, 0.1) is 0 Å². The van der Waals surface area contributed by atoms with E-state index >= 15 is 0 Å². The molecule has 6 rings (SSSR count). The Morgan fingerprint density at radius 1 is 0.449 bits per heavy atom. The molecule has 6 aromatic carbocycles. The van der Waals surface area contributed by atoms with Crippen molar-refractivity contribution in [3.05, 3.63) is 176 Å². The molecule has 0 saturated carbocycles. The Kier molecular flexibility index (Phi) is 28.4. The van der Waals surface area contributed by atoms with Gasteiger partial charge < -0.3 is 15.9 Å². The summed E-state index contributed by atoms with van der Waals surface area (Å²) in [5.41, 5.74) is 10.4. The van der Waals surface area contributed by atoms with Crippen LogP contribution in [0.1, 0.15) is 140 Å². The summed E-state index contributed by atoms with van der Waals surface area (Å²) in [7, 11) is -6.20. The smallest absolute Gasteiger partial charge is 0.337 e. The minimum Gasteiger partial charge on any atom is -0.478 e. The summed E-state index contributed by atoms with van der Waals surface area (Å²) < 4.78 is 76.8. The van der Waals surface area contributed by atoms with Crippen LogP contribution < -0.4 is 26.4 Å². The van der Waals surface area contributed by atoms with Gasteiger partial charge in [-0.15, -0.1) is 0 Å². The first-order valence-corrected chi connectivity index (χ1v) is 28.2. The van der Waals surface area contributed by atoms with Crippen LogP contribution in [0.3, 0.4) is 0 Å². The van der Waals surface area contributed by atoms with Gasteiger partial charge in [-0.1, -0.05) is 163 Å². The van der Waals surface area contributed by atoms with Crippen molar-refractivity contribution in [3.8, 4) is 0 Å². The molecule has 0 aliphatic heterocycles. The van der Waals surface area contributed by atoms with Crippen LogP contribution in [-0.2, 0) is 45.3 Å². The molecule has 0 aliphatic rings. The maximum absolute atomic E-state index is 12.6. The topological polar surface area (TPSA) is 282 Å². The molecule has 0 radical (unpaired) electrons. The summed E-state index contributed by atoms with van der Waals surface area (Å²) in [4.78, 5) is 33.7. The van der Waals surface area contributed by atoms with Gasteiger partial charge in [-0.2, -0.15) is 0 Å². The minimum absolute atomic E-state index is 0. The van der Waals surface area contributed by atoms with Gasteiger partial charge in [0.15, 0.2) is 0 Å². The molecule has 9 N–H and O–H groups in total. The first-order valence-electron chi connectivity index (χ1n) is 21.8. The first-order chi connectivity index (χ1) is 33.9. The van der Waals surface area contributed by atoms with Gasteiger partial charge in [-0.25, -0.2) is 40.7 Å². The van der Waals surface area contributed by atoms with Crippen molar-refractivity contribution >= 4 is 109 Å². The van der Waals surface area contributed by atoms with Gasteiger partial charge in [0.25, 0.3) is 35.0 Å². The number of carbonyl (C=O) groups is 3. The van der Waals surface area contributed by atoms with E-state index in [0.717, 1.165) is 16.7 Å². The molecule has 0 unspecified atom stereocenters. The van der Waals surface area contributed by atoms with E-state index in [1.54, 1.807) is 36.4 Å². The number of carbonyl (C=O) groups excluding carboxylic acids is 1. The number of benzene rings is 6. The maximum Gasteiger partial charge on any atom is 0.337 e. The third kappa shape index (κ3) is 22.1. The highest BCUT2D eigenvalue weighted by Crippen LogP contribution is 2.30. The van der Waals surface area contributed by atoms with Crippen LogP contribution in [0.25, 0.3) is 0 Å². The van der Waals surface area contributed by atoms with Gasteiger partial charge in [-0.3, -0.25) is 19.7 Å². The number of nitrogen functional groups attached to an aromatic ring is 2. The number of nitrogens with one attached hydrogen (secondary N) is 3. The van der Waals surface area contributed by atoms with E-state index in [2.05, 4.69) is 30.2 Å². The fourth-order valence-electron chi connectivity index (χ4n) is 6.19.